The van der Waals surface area contributed by atoms with Crippen molar-refractivity contribution in [2.24, 2.45) is 5.73 Å². The molecule has 0 saturated carbocycles. The van der Waals surface area contributed by atoms with Crippen LogP contribution in [0.2, 0.25) is 0 Å². The molecule has 110 valence electrons. The molecule has 3 N–H and O–H groups in total. The van der Waals surface area contributed by atoms with Gasteiger partial charge in [0.05, 0.1) is 5.54 Å². The molecule has 1 aliphatic heterocycles. The van der Waals surface area contributed by atoms with E-state index in [1.807, 2.05) is 6.92 Å². The summed E-state index contributed by atoms with van der Waals surface area (Å²) in [7, 11) is 1.79. The van der Waals surface area contributed by atoms with Crippen molar-refractivity contribution >= 4 is 5.91 Å². The second-order valence-corrected chi connectivity index (χ2v) is 5.81. The van der Waals surface area contributed by atoms with Gasteiger partial charge in [-0.05, 0) is 44.4 Å². The zero-order chi connectivity index (χ0) is 14.6. The van der Waals surface area contributed by atoms with Crippen LogP contribution in [0.5, 0.6) is 0 Å². The standard InChI is InChI=1S/C16H25N3O/c1-16(18-2,15(17)20)9-12-19-10-7-13-5-3-4-6-14(13)8-11-19/h3-6,18H,7-12H2,1-2H3,(H2,17,20). The van der Waals surface area contributed by atoms with Crippen LogP contribution in [0.4, 0.5) is 0 Å². The van der Waals surface area contributed by atoms with Crippen LogP contribution in [0.25, 0.3) is 0 Å². The van der Waals surface area contributed by atoms with Gasteiger partial charge in [-0.3, -0.25) is 4.79 Å². The normalized spacial score (nSPS) is 18.9. The molecule has 20 heavy (non-hydrogen) atoms. The Kier molecular flexibility index (Phi) is 4.78. The van der Waals surface area contributed by atoms with Crippen LogP contribution in [0.1, 0.15) is 24.5 Å². The lowest BCUT2D eigenvalue weighted by Gasteiger charge is -2.29. The number of amides is 1. The highest BCUT2D eigenvalue weighted by atomic mass is 16.1. The molecule has 1 amide bonds. The Morgan fingerprint density at radius 3 is 2.30 bits per heavy atom. The predicted molar refractivity (Wildman–Crippen MR) is 81.6 cm³/mol. The van der Waals surface area contributed by atoms with E-state index in [1.165, 1.54) is 11.1 Å². The van der Waals surface area contributed by atoms with Crippen LogP contribution in [-0.2, 0) is 17.6 Å². The van der Waals surface area contributed by atoms with Gasteiger partial charge in [-0.2, -0.15) is 0 Å². The molecule has 0 aliphatic carbocycles. The van der Waals surface area contributed by atoms with E-state index in [9.17, 15) is 4.79 Å². The van der Waals surface area contributed by atoms with Crippen LogP contribution in [0.3, 0.4) is 0 Å². The van der Waals surface area contributed by atoms with Crippen molar-refractivity contribution in [3.05, 3.63) is 35.4 Å². The van der Waals surface area contributed by atoms with Gasteiger partial charge in [-0.15, -0.1) is 0 Å². The molecule has 0 radical (unpaired) electrons. The number of primary amides is 1. The lowest BCUT2D eigenvalue weighted by molar-refractivity contribution is -0.124. The Balaban J connectivity index is 1.92. The first kappa shape index (κ1) is 15.0. The second-order valence-electron chi connectivity index (χ2n) is 5.81. The molecular formula is C16H25N3O. The van der Waals surface area contributed by atoms with Crippen LogP contribution < -0.4 is 11.1 Å². The van der Waals surface area contributed by atoms with Crippen molar-refractivity contribution < 1.29 is 4.79 Å². The minimum Gasteiger partial charge on any atom is -0.368 e. The first-order valence-corrected chi connectivity index (χ1v) is 7.33. The first-order chi connectivity index (χ1) is 9.55. The van der Waals surface area contributed by atoms with E-state index in [0.29, 0.717) is 0 Å². The van der Waals surface area contributed by atoms with Gasteiger partial charge in [-0.25, -0.2) is 0 Å². The number of carbonyl (C=O) groups excluding carboxylic acids is 1. The maximum absolute atomic E-state index is 11.5. The Bertz CT molecular complexity index is 448. The molecule has 4 heteroatoms. The number of hydrogen-bond donors (Lipinski definition) is 2. The summed E-state index contributed by atoms with van der Waals surface area (Å²) in [5.41, 5.74) is 7.78. The smallest absolute Gasteiger partial charge is 0.237 e. The molecule has 4 nitrogen and oxygen atoms in total. The van der Waals surface area contributed by atoms with Crippen molar-refractivity contribution in [2.45, 2.75) is 31.7 Å². The third kappa shape index (κ3) is 3.38. The number of hydrogen-bond acceptors (Lipinski definition) is 3. The van der Waals surface area contributed by atoms with E-state index in [0.717, 1.165) is 38.9 Å². The largest absolute Gasteiger partial charge is 0.368 e. The molecule has 0 aromatic heterocycles. The maximum atomic E-state index is 11.5. The van der Waals surface area contributed by atoms with Gasteiger partial charge in [0.15, 0.2) is 0 Å². The topological polar surface area (TPSA) is 58.4 Å². The summed E-state index contributed by atoms with van der Waals surface area (Å²) in [5, 5.41) is 3.05. The molecule has 0 fully saturated rings. The number of nitrogens with two attached hydrogens (primary N) is 1. The molecule has 0 saturated heterocycles. The number of carbonyl (C=O) groups is 1. The van der Waals surface area contributed by atoms with Crippen molar-refractivity contribution in [1.82, 2.24) is 10.2 Å². The van der Waals surface area contributed by atoms with Crippen LogP contribution >= 0.6 is 0 Å². The number of nitrogens with one attached hydrogen (secondary N) is 1. The third-order valence-corrected chi connectivity index (χ3v) is 4.54. The Labute approximate surface area is 121 Å². The van der Waals surface area contributed by atoms with E-state index < -0.39 is 5.54 Å². The summed E-state index contributed by atoms with van der Waals surface area (Å²) in [6.45, 7) is 4.88. The fourth-order valence-electron chi connectivity index (χ4n) is 2.69. The molecule has 1 heterocycles. The summed E-state index contributed by atoms with van der Waals surface area (Å²) >= 11 is 0. The zero-order valence-electron chi connectivity index (χ0n) is 12.5. The van der Waals surface area contributed by atoms with Crippen LogP contribution in [-0.4, -0.2) is 43.0 Å². The van der Waals surface area contributed by atoms with E-state index in [2.05, 4.69) is 34.5 Å². The highest BCUT2D eigenvalue weighted by Gasteiger charge is 2.29. The monoisotopic (exact) mass is 275 g/mol. The van der Waals surface area contributed by atoms with Gasteiger partial charge in [0.1, 0.15) is 0 Å². The fraction of sp³-hybridized carbons (Fsp3) is 0.562. The first-order valence-electron chi connectivity index (χ1n) is 7.33. The van der Waals surface area contributed by atoms with Gasteiger partial charge in [0, 0.05) is 19.6 Å². The molecule has 0 spiro atoms. The Hall–Kier alpha value is -1.39. The van der Waals surface area contributed by atoms with Gasteiger partial charge in [0.2, 0.25) is 5.91 Å². The van der Waals surface area contributed by atoms with Crippen molar-refractivity contribution in [1.29, 1.82) is 0 Å². The van der Waals surface area contributed by atoms with Gasteiger partial charge < -0.3 is 16.0 Å². The molecular weight excluding hydrogens is 250 g/mol. The number of rotatable bonds is 5. The molecule has 1 atom stereocenters. The van der Waals surface area contributed by atoms with Crippen molar-refractivity contribution in [3.8, 4) is 0 Å². The number of likely N-dealkylation sites (N-methyl/N-ethyl adjacent to an activating group) is 1. The molecule has 1 aromatic carbocycles. The predicted octanol–water partition coefficient (Wildman–Crippen LogP) is 0.941. The number of nitrogens with zero attached hydrogens (tertiary/aromatic N) is 1. The quantitative estimate of drug-likeness (QED) is 0.841. The summed E-state index contributed by atoms with van der Waals surface area (Å²) in [5.74, 6) is -0.280. The highest BCUT2D eigenvalue weighted by molar-refractivity contribution is 5.84. The van der Waals surface area contributed by atoms with Gasteiger partial charge >= 0.3 is 0 Å². The maximum Gasteiger partial charge on any atom is 0.237 e. The van der Waals surface area contributed by atoms with Crippen LogP contribution in [0.15, 0.2) is 24.3 Å². The molecule has 2 rings (SSSR count). The highest BCUT2D eigenvalue weighted by Crippen LogP contribution is 2.17. The molecule has 0 bridgehead atoms. The van der Waals surface area contributed by atoms with Gasteiger partial charge in [-0.1, -0.05) is 24.3 Å². The summed E-state index contributed by atoms with van der Waals surface area (Å²) in [4.78, 5) is 13.9. The number of fused-ring (bicyclic) bond motifs is 1. The average Bonchev–Trinajstić information content (AvgIpc) is 2.67. The van der Waals surface area contributed by atoms with Crippen molar-refractivity contribution in [2.75, 3.05) is 26.7 Å². The minimum absolute atomic E-state index is 0.280. The van der Waals surface area contributed by atoms with Crippen LogP contribution in [0, 0.1) is 0 Å². The average molecular weight is 275 g/mol. The fourth-order valence-corrected chi connectivity index (χ4v) is 2.69. The SMILES string of the molecule is CNC(C)(CCN1CCc2ccccc2CC1)C(N)=O. The van der Waals surface area contributed by atoms with E-state index in [-0.39, 0.29) is 5.91 Å². The number of benzene rings is 1. The van der Waals surface area contributed by atoms with E-state index >= 15 is 0 Å². The summed E-state index contributed by atoms with van der Waals surface area (Å²) in [6, 6.07) is 8.67. The summed E-state index contributed by atoms with van der Waals surface area (Å²) in [6.07, 6.45) is 2.92. The lowest BCUT2D eigenvalue weighted by Crippen LogP contribution is -2.53. The Morgan fingerprint density at radius 1 is 1.30 bits per heavy atom. The third-order valence-electron chi connectivity index (χ3n) is 4.54. The van der Waals surface area contributed by atoms with E-state index in [4.69, 9.17) is 5.73 Å². The summed E-state index contributed by atoms with van der Waals surface area (Å²) < 4.78 is 0. The molecule has 1 unspecified atom stereocenters. The molecule has 1 aromatic rings. The zero-order valence-corrected chi connectivity index (χ0v) is 12.5. The second kappa shape index (κ2) is 6.37. The minimum atomic E-state index is -0.612. The Morgan fingerprint density at radius 2 is 1.85 bits per heavy atom. The lowest BCUT2D eigenvalue weighted by atomic mass is 9.97. The molecule has 1 aliphatic rings. The van der Waals surface area contributed by atoms with E-state index in [1.54, 1.807) is 7.05 Å². The van der Waals surface area contributed by atoms with Crippen molar-refractivity contribution in [3.63, 3.8) is 0 Å². The van der Waals surface area contributed by atoms with Gasteiger partial charge in [0.25, 0.3) is 0 Å².